The molecule has 1 heteroatoms. The fourth-order valence-corrected chi connectivity index (χ4v) is 1.41. The van der Waals surface area contributed by atoms with Crippen LogP contribution in [0.5, 0.6) is 0 Å². The summed E-state index contributed by atoms with van der Waals surface area (Å²) < 4.78 is 13.5. The molecule has 0 nitrogen and oxygen atoms in total. The number of benzene rings is 2. The number of hydrogen-bond donors (Lipinski definition) is 0. The maximum atomic E-state index is 13.5. The second-order valence-corrected chi connectivity index (χ2v) is 3.18. The van der Waals surface area contributed by atoms with Crippen LogP contribution in [0.1, 0.15) is 5.56 Å². The van der Waals surface area contributed by atoms with Crippen molar-refractivity contribution >= 4 is 0 Å². The van der Waals surface area contributed by atoms with E-state index >= 15 is 0 Å². The van der Waals surface area contributed by atoms with Crippen LogP contribution in [0, 0.1) is 12.7 Å². The minimum absolute atomic E-state index is 0.219. The molecule has 0 unspecified atom stereocenters. The van der Waals surface area contributed by atoms with E-state index in [-0.39, 0.29) is 5.82 Å². The van der Waals surface area contributed by atoms with Gasteiger partial charge in [-0.2, -0.15) is 0 Å². The van der Waals surface area contributed by atoms with Crippen LogP contribution in [0.4, 0.5) is 4.39 Å². The fourth-order valence-electron chi connectivity index (χ4n) is 1.41. The monoisotopic (exact) mass is 185 g/mol. The molecule has 2 rings (SSSR count). The number of hydrogen-bond acceptors (Lipinski definition) is 0. The predicted molar refractivity (Wildman–Crippen MR) is 56.3 cm³/mol. The Morgan fingerprint density at radius 3 is 2.29 bits per heavy atom. The van der Waals surface area contributed by atoms with Gasteiger partial charge in [0.25, 0.3) is 0 Å². The van der Waals surface area contributed by atoms with E-state index in [1.165, 1.54) is 6.07 Å². The maximum absolute atomic E-state index is 13.5. The predicted octanol–water partition coefficient (Wildman–Crippen LogP) is 3.67. The molecule has 0 bridgehead atoms. The Labute approximate surface area is 83.0 Å². The largest absolute Gasteiger partial charge is 0.206 e. The standard InChI is InChI=1S/C13H10F/c1-10-7-8-12(13(14)9-10)11-5-3-2-4-6-11/h2-9H,1H2. The average Bonchev–Trinajstić information content (AvgIpc) is 2.19. The first-order valence-corrected chi connectivity index (χ1v) is 4.44. The Bertz CT molecular complexity index is 432. The third-order valence-corrected chi connectivity index (χ3v) is 2.12. The second kappa shape index (κ2) is 3.62. The molecule has 0 heterocycles. The molecular formula is C13H10F. The lowest BCUT2D eigenvalue weighted by Gasteiger charge is -2.03. The van der Waals surface area contributed by atoms with E-state index in [0.717, 1.165) is 5.56 Å². The SMILES string of the molecule is [CH2]c1ccc(-c2ccccc2)c(F)c1. The summed E-state index contributed by atoms with van der Waals surface area (Å²) >= 11 is 0. The van der Waals surface area contributed by atoms with E-state index in [4.69, 9.17) is 0 Å². The van der Waals surface area contributed by atoms with E-state index in [1.54, 1.807) is 6.07 Å². The summed E-state index contributed by atoms with van der Waals surface area (Å²) in [5, 5.41) is 0. The van der Waals surface area contributed by atoms with Crippen molar-refractivity contribution in [2.75, 3.05) is 0 Å². The second-order valence-electron chi connectivity index (χ2n) is 3.18. The highest BCUT2D eigenvalue weighted by atomic mass is 19.1. The molecule has 0 aliphatic carbocycles. The van der Waals surface area contributed by atoms with Crippen molar-refractivity contribution in [3.8, 4) is 11.1 Å². The van der Waals surface area contributed by atoms with E-state index < -0.39 is 0 Å². The molecule has 0 spiro atoms. The zero-order chi connectivity index (χ0) is 9.97. The Morgan fingerprint density at radius 1 is 0.929 bits per heavy atom. The first-order valence-electron chi connectivity index (χ1n) is 4.44. The maximum Gasteiger partial charge on any atom is 0.131 e. The minimum atomic E-state index is -0.219. The Balaban J connectivity index is 2.53. The van der Waals surface area contributed by atoms with Gasteiger partial charge < -0.3 is 0 Å². The van der Waals surface area contributed by atoms with Gasteiger partial charge in [0, 0.05) is 5.56 Å². The van der Waals surface area contributed by atoms with Gasteiger partial charge in [0.15, 0.2) is 0 Å². The van der Waals surface area contributed by atoms with Gasteiger partial charge in [-0.05, 0) is 24.1 Å². The lowest BCUT2D eigenvalue weighted by molar-refractivity contribution is 0.630. The number of halogens is 1. The highest BCUT2D eigenvalue weighted by molar-refractivity contribution is 5.64. The molecule has 0 aromatic heterocycles. The lowest BCUT2D eigenvalue weighted by Crippen LogP contribution is -1.84. The smallest absolute Gasteiger partial charge is 0.131 e. The summed E-state index contributed by atoms with van der Waals surface area (Å²) in [4.78, 5) is 0. The van der Waals surface area contributed by atoms with Gasteiger partial charge in [-0.3, -0.25) is 0 Å². The highest BCUT2D eigenvalue weighted by Crippen LogP contribution is 2.22. The van der Waals surface area contributed by atoms with Crippen LogP contribution in [-0.4, -0.2) is 0 Å². The van der Waals surface area contributed by atoms with Gasteiger partial charge in [-0.25, -0.2) is 4.39 Å². The topological polar surface area (TPSA) is 0 Å². The quantitative estimate of drug-likeness (QED) is 0.635. The molecule has 0 atom stereocenters. The van der Waals surface area contributed by atoms with Crippen molar-refractivity contribution in [3.63, 3.8) is 0 Å². The highest BCUT2D eigenvalue weighted by Gasteiger charge is 2.03. The van der Waals surface area contributed by atoms with Crippen LogP contribution in [0.25, 0.3) is 11.1 Å². The van der Waals surface area contributed by atoms with Crippen molar-refractivity contribution in [2.24, 2.45) is 0 Å². The van der Waals surface area contributed by atoms with Gasteiger partial charge in [0.2, 0.25) is 0 Å². The molecular weight excluding hydrogens is 175 g/mol. The summed E-state index contributed by atoms with van der Waals surface area (Å²) in [6.45, 7) is 3.68. The van der Waals surface area contributed by atoms with Gasteiger partial charge in [-0.15, -0.1) is 0 Å². The third-order valence-electron chi connectivity index (χ3n) is 2.12. The molecule has 0 aliphatic rings. The molecule has 0 fully saturated rings. The van der Waals surface area contributed by atoms with Crippen LogP contribution >= 0.6 is 0 Å². The van der Waals surface area contributed by atoms with Crippen molar-refractivity contribution in [1.82, 2.24) is 0 Å². The molecule has 1 radical (unpaired) electrons. The molecule has 0 amide bonds. The lowest BCUT2D eigenvalue weighted by atomic mass is 10.0. The normalized spacial score (nSPS) is 10.1. The van der Waals surface area contributed by atoms with Crippen LogP contribution in [0.3, 0.4) is 0 Å². The zero-order valence-electron chi connectivity index (χ0n) is 7.70. The summed E-state index contributed by atoms with van der Waals surface area (Å²) in [5.41, 5.74) is 2.21. The molecule has 0 saturated carbocycles. The van der Waals surface area contributed by atoms with Crippen molar-refractivity contribution in [1.29, 1.82) is 0 Å². The Kier molecular flexibility index (Phi) is 2.32. The van der Waals surface area contributed by atoms with E-state index in [0.29, 0.717) is 11.1 Å². The van der Waals surface area contributed by atoms with E-state index in [9.17, 15) is 4.39 Å². The fraction of sp³-hybridized carbons (Fsp3) is 0. The summed E-state index contributed by atoms with van der Waals surface area (Å²) in [7, 11) is 0. The van der Waals surface area contributed by atoms with Gasteiger partial charge in [-0.1, -0.05) is 42.5 Å². The third kappa shape index (κ3) is 1.67. The summed E-state index contributed by atoms with van der Waals surface area (Å²) in [6.07, 6.45) is 0. The van der Waals surface area contributed by atoms with Gasteiger partial charge in [0.05, 0.1) is 0 Å². The molecule has 2 aromatic carbocycles. The molecule has 0 saturated heterocycles. The van der Waals surface area contributed by atoms with Crippen LogP contribution < -0.4 is 0 Å². The molecule has 69 valence electrons. The molecule has 0 aliphatic heterocycles. The van der Waals surface area contributed by atoms with Gasteiger partial charge in [0.1, 0.15) is 5.82 Å². The van der Waals surface area contributed by atoms with Gasteiger partial charge >= 0.3 is 0 Å². The van der Waals surface area contributed by atoms with Crippen molar-refractivity contribution in [3.05, 3.63) is 66.8 Å². The van der Waals surface area contributed by atoms with Crippen LogP contribution in [0.2, 0.25) is 0 Å². The molecule has 2 aromatic rings. The van der Waals surface area contributed by atoms with Crippen LogP contribution in [-0.2, 0) is 0 Å². The first kappa shape index (κ1) is 8.95. The first-order chi connectivity index (χ1) is 6.77. The van der Waals surface area contributed by atoms with E-state index in [1.807, 2.05) is 36.4 Å². The Morgan fingerprint density at radius 2 is 1.64 bits per heavy atom. The van der Waals surface area contributed by atoms with Crippen LogP contribution in [0.15, 0.2) is 48.5 Å². The zero-order valence-corrected chi connectivity index (χ0v) is 7.70. The Hall–Kier alpha value is -1.63. The van der Waals surface area contributed by atoms with E-state index in [2.05, 4.69) is 6.92 Å². The average molecular weight is 185 g/mol. The molecule has 14 heavy (non-hydrogen) atoms. The van der Waals surface area contributed by atoms with Crippen molar-refractivity contribution in [2.45, 2.75) is 0 Å². The van der Waals surface area contributed by atoms with Crippen molar-refractivity contribution < 1.29 is 4.39 Å². The summed E-state index contributed by atoms with van der Waals surface area (Å²) in [5.74, 6) is -0.219. The molecule has 0 N–H and O–H groups in total. The summed E-state index contributed by atoms with van der Waals surface area (Å²) in [6, 6.07) is 14.5. The number of rotatable bonds is 1. The minimum Gasteiger partial charge on any atom is -0.206 e.